The highest BCUT2D eigenvalue weighted by atomic mass is 16.1. The zero-order valence-electron chi connectivity index (χ0n) is 10.2. The largest absolute Gasteiger partial charge is 0.352 e. The molecule has 2 fully saturated rings. The molecule has 92 valence electrons. The van der Waals surface area contributed by atoms with Crippen molar-refractivity contribution in [3.63, 3.8) is 0 Å². The minimum Gasteiger partial charge on any atom is -0.352 e. The number of rotatable bonds is 4. The molecule has 0 aromatic heterocycles. The van der Waals surface area contributed by atoms with Crippen LogP contribution in [-0.4, -0.2) is 49.6 Å². The third kappa shape index (κ3) is 3.19. The molecule has 2 aliphatic heterocycles. The first-order valence-corrected chi connectivity index (χ1v) is 6.46. The molecule has 4 heteroatoms. The minimum atomic E-state index is 0.210. The average Bonchev–Trinajstić information content (AvgIpc) is 2.67. The number of carbonyl (C=O) groups excluding carboxylic acids is 1. The summed E-state index contributed by atoms with van der Waals surface area (Å²) in [6.45, 7) is 3.21. The zero-order chi connectivity index (χ0) is 11.4. The van der Waals surface area contributed by atoms with Crippen LogP contribution in [0.4, 0.5) is 0 Å². The number of likely N-dealkylation sites (tertiary alicyclic amines) is 1. The lowest BCUT2D eigenvalue weighted by Gasteiger charge is -2.32. The fourth-order valence-corrected chi connectivity index (χ4v) is 2.66. The number of amides is 1. The summed E-state index contributed by atoms with van der Waals surface area (Å²) in [7, 11) is 2.21. The first kappa shape index (κ1) is 11.9. The van der Waals surface area contributed by atoms with Crippen LogP contribution in [0.1, 0.15) is 32.1 Å². The van der Waals surface area contributed by atoms with Gasteiger partial charge in [0.1, 0.15) is 0 Å². The van der Waals surface area contributed by atoms with Gasteiger partial charge in [-0.3, -0.25) is 4.79 Å². The van der Waals surface area contributed by atoms with Crippen LogP contribution in [0.3, 0.4) is 0 Å². The van der Waals surface area contributed by atoms with Gasteiger partial charge in [0, 0.05) is 31.6 Å². The van der Waals surface area contributed by atoms with Gasteiger partial charge in [-0.2, -0.15) is 0 Å². The molecule has 1 amide bonds. The van der Waals surface area contributed by atoms with Gasteiger partial charge in [-0.15, -0.1) is 0 Å². The Kier molecular flexibility index (Phi) is 4.18. The summed E-state index contributed by atoms with van der Waals surface area (Å²) in [5.74, 6) is 0.210. The van der Waals surface area contributed by atoms with Gasteiger partial charge in [0.15, 0.2) is 0 Å². The Balaban J connectivity index is 1.61. The summed E-state index contributed by atoms with van der Waals surface area (Å²) in [5.41, 5.74) is 0. The van der Waals surface area contributed by atoms with Crippen LogP contribution in [-0.2, 0) is 4.79 Å². The summed E-state index contributed by atoms with van der Waals surface area (Å²) in [6.07, 6.45) is 5.70. The van der Waals surface area contributed by atoms with E-state index in [4.69, 9.17) is 0 Å². The highest BCUT2D eigenvalue weighted by Gasteiger charge is 2.22. The quantitative estimate of drug-likeness (QED) is 0.725. The topological polar surface area (TPSA) is 44.4 Å². The van der Waals surface area contributed by atoms with Gasteiger partial charge in [-0.05, 0) is 32.9 Å². The summed E-state index contributed by atoms with van der Waals surface area (Å²) < 4.78 is 0. The molecule has 2 aliphatic rings. The van der Waals surface area contributed by atoms with Crippen molar-refractivity contribution in [2.24, 2.45) is 0 Å². The van der Waals surface area contributed by atoms with Crippen molar-refractivity contribution >= 4 is 5.91 Å². The smallest absolute Gasteiger partial charge is 0.220 e. The number of nitrogens with zero attached hydrogens (tertiary/aromatic N) is 1. The van der Waals surface area contributed by atoms with E-state index in [1.807, 2.05) is 0 Å². The fourth-order valence-electron chi connectivity index (χ4n) is 2.66. The molecule has 16 heavy (non-hydrogen) atoms. The third-order valence-corrected chi connectivity index (χ3v) is 3.78. The molecule has 0 bridgehead atoms. The SMILES string of the molecule is CN1CCCCC1CNCC1CCC(=O)N1. The van der Waals surface area contributed by atoms with Crippen LogP contribution in [0.5, 0.6) is 0 Å². The average molecular weight is 225 g/mol. The van der Waals surface area contributed by atoms with E-state index in [2.05, 4.69) is 22.6 Å². The minimum absolute atomic E-state index is 0.210. The monoisotopic (exact) mass is 225 g/mol. The van der Waals surface area contributed by atoms with Gasteiger partial charge in [-0.25, -0.2) is 0 Å². The number of hydrogen-bond donors (Lipinski definition) is 2. The molecular weight excluding hydrogens is 202 g/mol. The van der Waals surface area contributed by atoms with E-state index in [-0.39, 0.29) is 5.91 Å². The van der Waals surface area contributed by atoms with Crippen LogP contribution in [0.25, 0.3) is 0 Å². The highest BCUT2D eigenvalue weighted by molar-refractivity contribution is 5.78. The maximum absolute atomic E-state index is 11.0. The van der Waals surface area contributed by atoms with Crippen LogP contribution < -0.4 is 10.6 Å². The predicted octanol–water partition coefficient (Wildman–Crippen LogP) is 0.339. The molecule has 0 saturated carbocycles. The van der Waals surface area contributed by atoms with Gasteiger partial charge >= 0.3 is 0 Å². The lowest BCUT2D eigenvalue weighted by molar-refractivity contribution is -0.119. The van der Waals surface area contributed by atoms with E-state index in [0.29, 0.717) is 18.5 Å². The normalized spacial score (nSPS) is 31.7. The number of piperidine rings is 1. The molecule has 0 aromatic rings. The number of carbonyl (C=O) groups is 1. The van der Waals surface area contributed by atoms with Gasteiger partial charge in [0.05, 0.1) is 0 Å². The zero-order valence-corrected chi connectivity index (χ0v) is 10.2. The predicted molar refractivity (Wildman–Crippen MR) is 64.3 cm³/mol. The Bertz CT molecular complexity index is 244. The van der Waals surface area contributed by atoms with E-state index < -0.39 is 0 Å². The van der Waals surface area contributed by atoms with E-state index in [9.17, 15) is 4.79 Å². The molecule has 2 rings (SSSR count). The van der Waals surface area contributed by atoms with Crippen molar-refractivity contribution in [1.82, 2.24) is 15.5 Å². The fraction of sp³-hybridized carbons (Fsp3) is 0.917. The van der Waals surface area contributed by atoms with Crippen LogP contribution in [0, 0.1) is 0 Å². The third-order valence-electron chi connectivity index (χ3n) is 3.78. The Morgan fingerprint density at radius 2 is 2.25 bits per heavy atom. The Morgan fingerprint density at radius 3 is 2.94 bits per heavy atom. The lowest BCUT2D eigenvalue weighted by Crippen LogP contribution is -2.45. The molecular formula is C12H23N3O. The molecule has 0 spiro atoms. The van der Waals surface area contributed by atoms with E-state index in [0.717, 1.165) is 19.5 Å². The van der Waals surface area contributed by atoms with Crippen molar-refractivity contribution in [2.75, 3.05) is 26.7 Å². The van der Waals surface area contributed by atoms with Gasteiger partial charge in [0.25, 0.3) is 0 Å². The van der Waals surface area contributed by atoms with Crippen LogP contribution in [0.15, 0.2) is 0 Å². The molecule has 4 nitrogen and oxygen atoms in total. The van der Waals surface area contributed by atoms with Crippen LogP contribution >= 0.6 is 0 Å². The van der Waals surface area contributed by atoms with Crippen molar-refractivity contribution in [1.29, 1.82) is 0 Å². The molecule has 0 radical (unpaired) electrons. The molecule has 2 N–H and O–H groups in total. The summed E-state index contributed by atoms with van der Waals surface area (Å²) in [4.78, 5) is 13.5. The molecule has 2 saturated heterocycles. The summed E-state index contributed by atoms with van der Waals surface area (Å²) in [5, 5.41) is 6.48. The molecule has 2 heterocycles. The van der Waals surface area contributed by atoms with E-state index >= 15 is 0 Å². The van der Waals surface area contributed by atoms with Gasteiger partial charge < -0.3 is 15.5 Å². The van der Waals surface area contributed by atoms with E-state index in [1.54, 1.807) is 0 Å². The van der Waals surface area contributed by atoms with Crippen molar-refractivity contribution in [3.05, 3.63) is 0 Å². The maximum atomic E-state index is 11.0. The van der Waals surface area contributed by atoms with Gasteiger partial charge in [0.2, 0.25) is 5.91 Å². The Labute approximate surface area is 97.8 Å². The first-order chi connectivity index (χ1) is 7.75. The maximum Gasteiger partial charge on any atom is 0.220 e. The Hall–Kier alpha value is -0.610. The van der Waals surface area contributed by atoms with E-state index in [1.165, 1.54) is 25.8 Å². The van der Waals surface area contributed by atoms with Crippen molar-refractivity contribution in [3.8, 4) is 0 Å². The molecule has 2 unspecified atom stereocenters. The second-order valence-electron chi connectivity index (χ2n) is 5.09. The number of nitrogens with one attached hydrogen (secondary N) is 2. The van der Waals surface area contributed by atoms with Crippen molar-refractivity contribution < 1.29 is 4.79 Å². The second-order valence-corrected chi connectivity index (χ2v) is 5.09. The molecule has 0 aliphatic carbocycles. The molecule has 0 aromatic carbocycles. The standard InChI is InChI=1S/C12H23N3O/c1-15-7-3-2-4-11(15)9-13-8-10-5-6-12(16)14-10/h10-11,13H,2-9H2,1H3,(H,14,16). The Morgan fingerprint density at radius 1 is 1.38 bits per heavy atom. The van der Waals surface area contributed by atoms with Crippen molar-refractivity contribution in [2.45, 2.75) is 44.2 Å². The number of hydrogen-bond acceptors (Lipinski definition) is 3. The molecule has 2 atom stereocenters. The summed E-state index contributed by atoms with van der Waals surface area (Å²) >= 11 is 0. The number of likely N-dealkylation sites (N-methyl/N-ethyl adjacent to an activating group) is 1. The first-order valence-electron chi connectivity index (χ1n) is 6.46. The lowest BCUT2D eigenvalue weighted by atomic mass is 10.0. The van der Waals surface area contributed by atoms with Crippen LogP contribution in [0.2, 0.25) is 0 Å². The summed E-state index contributed by atoms with van der Waals surface area (Å²) in [6, 6.07) is 1.05. The second kappa shape index (κ2) is 5.64. The van der Waals surface area contributed by atoms with Gasteiger partial charge in [-0.1, -0.05) is 6.42 Å². The highest BCUT2D eigenvalue weighted by Crippen LogP contribution is 2.14.